The van der Waals surface area contributed by atoms with Crippen molar-refractivity contribution in [1.82, 2.24) is 15.0 Å². The average molecular weight is 516 g/mol. The molecule has 0 atom stereocenters. The summed E-state index contributed by atoms with van der Waals surface area (Å²) in [7, 11) is 0. The predicted octanol–water partition coefficient (Wildman–Crippen LogP) is 6.83. The van der Waals surface area contributed by atoms with Gasteiger partial charge < -0.3 is 14.6 Å². The second-order valence-corrected chi connectivity index (χ2v) is 9.84. The Balaban J connectivity index is 1.36. The Kier molecular flexibility index (Phi) is 7.37. The fraction of sp³-hybridized carbons (Fsp3) is 0.286. The maximum absolute atomic E-state index is 6.10. The second-order valence-electron chi connectivity index (χ2n) is 9.41. The minimum absolute atomic E-state index is 0.356. The van der Waals surface area contributed by atoms with Crippen molar-refractivity contribution in [3.05, 3.63) is 76.5 Å². The fourth-order valence-electron chi connectivity index (χ4n) is 4.20. The van der Waals surface area contributed by atoms with Crippen molar-refractivity contribution in [2.75, 3.05) is 28.7 Å². The number of rotatable bonds is 7. The highest BCUT2D eigenvalue weighted by Crippen LogP contribution is 2.26. The van der Waals surface area contributed by atoms with Crippen LogP contribution in [0.15, 0.2) is 64.1 Å². The number of aryl methyl sites for hydroxylation is 1. The van der Waals surface area contributed by atoms with E-state index in [4.69, 9.17) is 21.0 Å². The first kappa shape index (κ1) is 24.8. The zero-order valence-electron chi connectivity index (χ0n) is 21.2. The number of halogens is 1. The number of benzene rings is 2. The lowest BCUT2D eigenvalue weighted by atomic mass is 10.00. The van der Waals surface area contributed by atoms with Crippen molar-refractivity contribution in [2.45, 2.75) is 33.6 Å². The summed E-state index contributed by atoms with van der Waals surface area (Å²) in [6, 6.07) is 17.4. The summed E-state index contributed by atoms with van der Waals surface area (Å²) in [6.45, 7) is 8.27. The molecule has 8 nitrogen and oxygen atoms in total. The molecule has 3 heterocycles. The zero-order chi connectivity index (χ0) is 25.8. The van der Waals surface area contributed by atoms with Crippen LogP contribution in [0, 0.1) is 19.8 Å². The summed E-state index contributed by atoms with van der Waals surface area (Å²) in [5, 5.41) is 8.34. The summed E-state index contributed by atoms with van der Waals surface area (Å²) in [6.07, 6.45) is 3.82. The van der Waals surface area contributed by atoms with E-state index in [1.165, 1.54) is 5.56 Å². The molecular formula is C28H30ClN7O. The summed E-state index contributed by atoms with van der Waals surface area (Å²) >= 11 is 6.10. The molecule has 1 fully saturated rings. The maximum Gasteiger partial charge on any atom is 0.250 e. The highest BCUT2D eigenvalue weighted by atomic mass is 35.5. The van der Waals surface area contributed by atoms with Crippen molar-refractivity contribution in [3.63, 3.8) is 0 Å². The molecule has 1 aliphatic rings. The predicted molar refractivity (Wildman–Crippen MR) is 150 cm³/mol. The summed E-state index contributed by atoms with van der Waals surface area (Å²) in [5.41, 5.74) is 7.16. The van der Waals surface area contributed by atoms with Crippen molar-refractivity contribution >= 4 is 41.3 Å². The van der Waals surface area contributed by atoms with Gasteiger partial charge in [0.2, 0.25) is 17.8 Å². The van der Waals surface area contributed by atoms with Gasteiger partial charge in [0.1, 0.15) is 11.5 Å². The van der Waals surface area contributed by atoms with Crippen molar-refractivity contribution in [2.24, 2.45) is 11.0 Å². The quantitative estimate of drug-likeness (QED) is 0.206. The second kappa shape index (κ2) is 11.0. The Bertz CT molecular complexity index is 1410. The molecule has 1 saturated heterocycles. The lowest BCUT2D eigenvalue weighted by molar-refractivity contribution is 0.434. The molecule has 4 aromatic rings. The van der Waals surface area contributed by atoms with Gasteiger partial charge in [-0.1, -0.05) is 42.8 Å². The number of nitrogens with zero attached hydrogens (tertiary/aromatic N) is 5. The summed E-state index contributed by atoms with van der Waals surface area (Å²) in [4.78, 5) is 16.2. The minimum Gasteiger partial charge on any atom is -0.455 e. The van der Waals surface area contributed by atoms with Gasteiger partial charge in [-0.25, -0.2) is 5.43 Å². The van der Waals surface area contributed by atoms with Crippen LogP contribution in [0.25, 0.3) is 11.3 Å². The lowest BCUT2D eigenvalue weighted by Gasteiger charge is -2.30. The van der Waals surface area contributed by atoms with Crippen LogP contribution in [0.1, 0.15) is 36.7 Å². The van der Waals surface area contributed by atoms with Gasteiger partial charge in [0.05, 0.1) is 6.21 Å². The van der Waals surface area contributed by atoms with Crippen molar-refractivity contribution in [1.29, 1.82) is 0 Å². The van der Waals surface area contributed by atoms with E-state index < -0.39 is 0 Å². The van der Waals surface area contributed by atoms with Crippen LogP contribution in [-0.2, 0) is 0 Å². The normalized spacial score (nSPS) is 14.3. The monoisotopic (exact) mass is 515 g/mol. The van der Waals surface area contributed by atoms with Gasteiger partial charge in [-0.05, 0) is 74.1 Å². The maximum atomic E-state index is 6.10. The first-order chi connectivity index (χ1) is 17.9. The van der Waals surface area contributed by atoms with Gasteiger partial charge in [-0.3, -0.25) is 0 Å². The molecule has 37 heavy (non-hydrogen) atoms. The van der Waals surface area contributed by atoms with E-state index in [0.29, 0.717) is 40.3 Å². The molecule has 0 bridgehead atoms. The largest absolute Gasteiger partial charge is 0.455 e. The number of nitrogens with one attached hydrogen (secondary N) is 2. The van der Waals surface area contributed by atoms with Gasteiger partial charge in [-0.15, -0.1) is 0 Å². The Labute approximate surface area is 221 Å². The first-order valence-electron chi connectivity index (χ1n) is 12.4. The third-order valence-electron chi connectivity index (χ3n) is 6.63. The smallest absolute Gasteiger partial charge is 0.250 e. The van der Waals surface area contributed by atoms with Crippen molar-refractivity contribution in [3.8, 4) is 11.3 Å². The van der Waals surface area contributed by atoms with E-state index in [0.717, 1.165) is 42.7 Å². The number of anilines is 4. The third-order valence-corrected chi connectivity index (χ3v) is 6.87. The van der Waals surface area contributed by atoms with E-state index in [2.05, 4.69) is 57.5 Å². The molecule has 0 spiro atoms. The lowest BCUT2D eigenvalue weighted by Crippen LogP contribution is -2.34. The number of hydrogen-bond donors (Lipinski definition) is 2. The average Bonchev–Trinajstić information content (AvgIpc) is 3.36. The van der Waals surface area contributed by atoms with Crippen LogP contribution in [0.4, 0.5) is 23.5 Å². The number of aromatic nitrogens is 3. The van der Waals surface area contributed by atoms with E-state index >= 15 is 0 Å². The van der Waals surface area contributed by atoms with Crippen LogP contribution in [0.3, 0.4) is 0 Å². The zero-order valence-corrected chi connectivity index (χ0v) is 22.0. The van der Waals surface area contributed by atoms with Crippen LogP contribution in [0.2, 0.25) is 5.02 Å². The minimum atomic E-state index is 0.356. The standard InChI is InChI=1S/C28H30ClN7O/c1-18-12-14-36(15-13-18)28-33-26(31-24-9-4-6-19(2)20(24)3)32-27(34-28)35-30-17-23-10-11-25(37-23)21-7-5-8-22(29)16-21/h4-11,16-18H,12-15H2,1-3H3,(H2,31,32,33,34,35)/b30-17-. The molecule has 2 aromatic heterocycles. The number of piperidine rings is 1. The number of hydrogen-bond acceptors (Lipinski definition) is 8. The molecule has 1 aliphatic heterocycles. The van der Waals surface area contributed by atoms with Crippen LogP contribution >= 0.6 is 11.6 Å². The highest BCUT2D eigenvalue weighted by Gasteiger charge is 2.20. The van der Waals surface area contributed by atoms with E-state index in [9.17, 15) is 0 Å². The molecular weight excluding hydrogens is 486 g/mol. The van der Waals surface area contributed by atoms with Crippen LogP contribution in [0.5, 0.6) is 0 Å². The fourth-order valence-corrected chi connectivity index (χ4v) is 4.39. The molecule has 0 radical (unpaired) electrons. The van der Waals surface area contributed by atoms with Gasteiger partial charge >= 0.3 is 0 Å². The molecule has 9 heteroatoms. The molecule has 0 saturated carbocycles. The Morgan fingerprint density at radius 3 is 2.59 bits per heavy atom. The molecule has 2 N–H and O–H groups in total. The highest BCUT2D eigenvalue weighted by molar-refractivity contribution is 6.30. The Morgan fingerprint density at radius 1 is 1.00 bits per heavy atom. The Hall–Kier alpha value is -3.91. The topological polar surface area (TPSA) is 91.5 Å². The van der Waals surface area contributed by atoms with E-state index in [1.54, 1.807) is 6.21 Å². The summed E-state index contributed by atoms with van der Waals surface area (Å²) in [5.74, 6) is 3.47. The van der Waals surface area contributed by atoms with Gasteiger partial charge in [-0.2, -0.15) is 20.1 Å². The van der Waals surface area contributed by atoms with Gasteiger partial charge in [0.25, 0.3) is 0 Å². The SMILES string of the molecule is Cc1cccc(Nc2nc(N/N=C\c3ccc(-c4cccc(Cl)c4)o3)nc(N3CCC(C)CC3)n2)c1C. The summed E-state index contributed by atoms with van der Waals surface area (Å²) < 4.78 is 5.90. The van der Waals surface area contributed by atoms with Gasteiger partial charge in [0, 0.05) is 29.4 Å². The molecule has 190 valence electrons. The van der Waals surface area contributed by atoms with E-state index in [-0.39, 0.29) is 0 Å². The number of furan rings is 1. The Morgan fingerprint density at radius 2 is 1.78 bits per heavy atom. The molecule has 0 amide bonds. The molecule has 5 rings (SSSR count). The van der Waals surface area contributed by atoms with E-state index in [1.807, 2.05) is 48.5 Å². The third kappa shape index (κ3) is 6.09. The molecule has 0 aliphatic carbocycles. The number of hydrazone groups is 1. The van der Waals surface area contributed by atoms with Gasteiger partial charge in [0.15, 0.2) is 0 Å². The molecule has 0 unspecified atom stereocenters. The van der Waals surface area contributed by atoms with Crippen LogP contribution in [-0.4, -0.2) is 34.3 Å². The molecule has 2 aromatic carbocycles. The van der Waals surface area contributed by atoms with Crippen molar-refractivity contribution < 1.29 is 4.42 Å². The first-order valence-corrected chi connectivity index (χ1v) is 12.8. The van der Waals surface area contributed by atoms with Crippen LogP contribution < -0.4 is 15.6 Å².